The molecule has 1 heterocycles. The molecule has 0 aliphatic heterocycles. The van der Waals surface area contributed by atoms with E-state index in [1.807, 2.05) is 0 Å². The first-order chi connectivity index (χ1) is 8.81. The van der Waals surface area contributed by atoms with Crippen molar-refractivity contribution < 1.29 is 18.3 Å². The summed E-state index contributed by atoms with van der Waals surface area (Å²) in [6.07, 6.45) is 0. The molecule has 0 saturated carbocycles. The van der Waals surface area contributed by atoms with E-state index in [2.05, 4.69) is 20.7 Å². The van der Waals surface area contributed by atoms with Crippen LogP contribution in [0.1, 0.15) is 32.6 Å². The molecule has 0 aromatic carbocycles. The van der Waals surface area contributed by atoms with Gasteiger partial charge in [-0.05, 0) is 56.6 Å². The highest BCUT2D eigenvalue weighted by molar-refractivity contribution is 9.11. The lowest BCUT2D eigenvalue weighted by Gasteiger charge is -2.38. The molecule has 0 saturated heterocycles. The Bertz CT molecular complexity index is 632. The summed E-state index contributed by atoms with van der Waals surface area (Å²) in [4.78, 5) is 12.1. The fourth-order valence-corrected chi connectivity index (χ4v) is 5.44. The zero-order valence-electron chi connectivity index (χ0n) is 11.9. The fraction of sp³-hybridized carbons (Fsp3) is 0.583. The van der Waals surface area contributed by atoms with E-state index in [9.17, 15) is 18.3 Å². The van der Waals surface area contributed by atoms with Gasteiger partial charge in [0.1, 0.15) is 0 Å². The van der Waals surface area contributed by atoms with E-state index in [0.29, 0.717) is 8.66 Å². The standard InChI is InChI=1S/C12H18BrNO4S2/c1-7-8(6-9(13)19-7)20(17,18)14-12(4,5)11(2,3)10(15)16/h6,14H,1-5H3,(H,15,16). The first-order valence-electron chi connectivity index (χ1n) is 5.84. The van der Waals surface area contributed by atoms with E-state index in [1.165, 1.54) is 31.3 Å². The molecule has 0 fully saturated rings. The van der Waals surface area contributed by atoms with Crippen LogP contribution in [0.2, 0.25) is 0 Å². The second-order valence-electron chi connectivity index (χ2n) is 5.63. The molecule has 20 heavy (non-hydrogen) atoms. The molecule has 0 bridgehead atoms. The van der Waals surface area contributed by atoms with E-state index in [4.69, 9.17) is 0 Å². The summed E-state index contributed by atoms with van der Waals surface area (Å²) in [5.41, 5.74) is -2.39. The second kappa shape index (κ2) is 5.40. The number of thiophene rings is 1. The van der Waals surface area contributed by atoms with Gasteiger partial charge in [-0.2, -0.15) is 0 Å². The number of halogens is 1. The first-order valence-corrected chi connectivity index (χ1v) is 8.94. The molecule has 0 radical (unpaired) electrons. The molecule has 1 aromatic heterocycles. The summed E-state index contributed by atoms with van der Waals surface area (Å²) in [6.45, 7) is 7.83. The first kappa shape index (κ1) is 17.6. The SMILES string of the molecule is Cc1sc(Br)cc1S(=O)(=O)NC(C)(C)C(C)(C)C(=O)O. The van der Waals surface area contributed by atoms with Crippen molar-refractivity contribution in [2.45, 2.75) is 45.1 Å². The molecular weight excluding hydrogens is 366 g/mol. The largest absolute Gasteiger partial charge is 0.481 e. The zero-order valence-corrected chi connectivity index (χ0v) is 15.2. The van der Waals surface area contributed by atoms with Crippen LogP contribution in [0.25, 0.3) is 0 Å². The Labute approximate surface area is 131 Å². The molecular formula is C12H18BrNO4S2. The number of sulfonamides is 1. The summed E-state index contributed by atoms with van der Waals surface area (Å²) in [7, 11) is -3.78. The van der Waals surface area contributed by atoms with Gasteiger partial charge in [-0.3, -0.25) is 4.79 Å². The summed E-state index contributed by atoms with van der Waals surface area (Å²) in [5, 5.41) is 9.26. The average Bonchev–Trinajstić information content (AvgIpc) is 2.56. The lowest BCUT2D eigenvalue weighted by atomic mass is 9.75. The van der Waals surface area contributed by atoms with Gasteiger partial charge in [-0.15, -0.1) is 11.3 Å². The van der Waals surface area contributed by atoms with Crippen molar-refractivity contribution in [3.63, 3.8) is 0 Å². The highest BCUT2D eigenvalue weighted by Gasteiger charge is 2.46. The third-order valence-electron chi connectivity index (χ3n) is 3.62. The van der Waals surface area contributed by atoms with E-state index < -0.39 is 26.9 Å². The molecule has 114 valence electrons. The van der Waals surface area contributed by atoms with Crippen molar-refractivity contribution in [1.82, 2.24) is 4.72 Å². The molecule has 1 aromatic rings. The average molecular weight is 384 g/mol. The van der Waals surface area contributed by atoms with Gasteiger partial charge in [0.05, 0.1) is 14.1 Å². The fourth-order valence-electron chi connectivity index (χ4n) is 1.48. The molecule has 1 rings (SSSR count). The predicted molar refractivity (Wildman–Crippen MR) is 82.6 cm³/mol. The number of hydrogen-bond acceptors (Lipinski definition) is 4. The molecule has 0 atom stereocenters. The third kappa shape index (κ3) is 3.24. The maximum absolute atomic E-state index is 12.4. The molecule has 0 aliphatic carbocycles. The van der Waals surface area contributed by atoms with Crippen LogP contribution in [-0.2, 0) is 14.8 Å². The van der Waals surface area contributed by atoms with Gasteiger partial charge >= 0.3 is 5.97 Å². The second-order valence-corrected chi connectivity index (χ2v) is 9.92. The molecule has 8 heteroatoms. The summed E-state index contributed by atoms with van der Waals surface area (Å²) < 4.78 is 28.1. The molecule has 0 spiro atoms. The highest BCUT2D eigenvalue weighted by atomic mass is 79.9. The van der Waals surface area contributed by atoms with Crippen molar-refractivity contribution >= 4 is 43.3 Å². The van der Waals surface area contributed by atoms with Crippen molar-refractivity contribution in [2.24, 2.45) is 5.41 Å². The topological polar surface area (TPSA) is 83.5 Å². The van der Waals surface area contributed by atoms with Crippen LogP contribution in [-0.4, -0.2) is 25.0 Å². The van der Waals surface area contributed by atoms with Crippen LogP contribution >= 0.6 is 27.3 Å². The normalized spacial score (nSPS) is 13.5. The maximum atomic E-state index is 12.4. The summed E-state index contributed by atoms with van der Waals surface area (Å²) >= 11 is 4.57. The van der Waals surface area contributed by atoms with E-state index in [0.717, 1.165) is 0 Å². The number of carbonyl (C=O) groups is 1. The number of aryl methyl sites for hydroxylation is 1. The zero-order chi connectivity index (χ0) is 15.9. The van der Waals surface area contributed by atoms with E-state index >= 15 is 0 Å². The number of aliphatic carboxylic acids is 1. The summed E-state index contributed by atoms with van der Waals surface area (Å²) in [6, 6.07) is 1.52. The third-order valence-corrected chi connectivity index (χ3v) is 7.08. The van der Waals surface area contributed by atoms with Crippen LogP contribution in [0.5, 0.6) is 0 Å². The number of hydrogen-bond donors (Lipinski definition) is 2. The van der Waals surface area contributed by atoms with Gasteiger partial charge in [0.25, 0.3) is 0 Å². The number of rotatable bonds is 5. The highest BCUT2D eigenvalue weighted by Crippen LogP contribution is 2.34. The lowest BCUT2D eigenvalue weighted by Crippen LogP contribution is -2.56. The molecule has 2 N–H and O–H groups in total. The Morgan fingerprint density at radius 3 is 2.20 bits per heavy atom. The Balaban J connectivity index is 3.21. The minimum absolute atomic E-state index is 0.170. The lowest BCUT2D eigenvalue weighted by molar-refractivity contribution is -0.150. The van der Waals surface area contributed by atoms with Crippen LogP contribution in [0.3, 0.4) is 0 Å². The number of nitrogens with one attached hydrogen (secondary N) is 1. The monoisotopic (exact) mass is 383 g/mol. The van der Waals surface area contributed by atoms with Crippen LogP contribution < -0.4 is 4.72 Å². The molecule has 0 unspecified atom stereocenters. The van der Waals surface area contributed by atoms with Gasteiger partial charge in [0.15, 0.2) is 0 Å². The van der Waals surface area contributed by atoms with Gasteiger partial charge in [-0.1, -0.05) is 0 Å². The van der Waals surface area contributed by atoms with Crippen molar-refractivity contribution in [3.8, 4) is 0 Å². The molecule has 0 amide bonds. The van der Waals surface area contributed by atoms with Crippen molar-refractivity contribution in [2.75, 3.05) is 0 Å². The van der Waals surface area contributed by atoms with E-state index in [1.54, 1.807) is 20.8 Å². The van der Waals surface area contributed by atoms with Gasteiger partial charge in [0.2, 0.25) is 10.0 Å². The van der Waals surface area contributed by atoms with E-state index in [-0.39, 0.29) is 4.90 Å². The molecule has 5 nitrogen and oxygen atoms in total. The number of carboxylic acid groups (broad SMARTS) is 1. The van der Waals surface area contributed by atoms with Crippen LogP contribution in [0.15, 0.2) is 14.7 Å². The van der Waals surface area contributed by atoms with Crippen molar-refractivity contribution in [3.05, 3.63) is 14.7 Å². The minimum atomic E-state index is -3.78. The smallest absolute Gasteiger partial charge is 0.310 e. The predicted octanol–water partition coefficient (Wildman–Crippen LogP) is 2.99. The quantitative estimate of drug-likeness (QED) is 0.818. The van der Waals surface area contributed by atoms with Crippen LogP contribution in [0, 0.1) is 12.3 Å². The Hall–Kier alpha value is -0.440. The Kier molecular flexibility index (Phi) is 4.75. The van der Waals surface area contributed by atoms with Gasteiger partial charge < -0.3 is 5.11 Å². The Morgan fingerprint density at radius 2 is 1.85 bits per heavy atom. The molecule has 0 aliphatic rings. The van der Waals surface area contributed by atoms with Crippen molar-refractivity contribution in [1.29, 1.82) is 0 Å². The van der Waals surface area contributed by atoms with Crippen LogP contribution in [0.4, 0.5) is 0 Å². The minimum Gasteiger partial charge on any atom is -0.481 e. The Morgan fingerprint density at radius 1 is 1.35 bits per heavy atom. The maximum Gasteiger partial charge on any atom is 0.310 e. The van der Waals surface area contributed by atoms with Gasteiger partial charge in [-0.25, -0.2) is 13.1 Å². The van der Waals surface area contributed by atoms with Gasteiger partial charge in [0, 0.05) is 10.4 Å². The number of carboxylic acids is 1. The summed E-state index contributed by atoms with van der Waals surface area (Å²) in [5.74, 6) is -1.06.